The van der Waals surface area contributed by atoms with Gasteiger partial charge in [-0.2, -0.15) is 0 Å². The monoisotopic (exact) mass is 269 g/mol. The minimum absolute atomic E-state index is 0.107. The summed E-state index contributed by atoms with van der Waals surface area (Å²) in [7, 11) is 0. The Morgan fingerprint density at radius 2 is 1.88 bits per heavy atom. The Balaban J connectivity index is 2.62. The molecule has 2 rings (SSSR count). The molecule has 0 spiro atoms. The molecule has 0 radical (unpaired) electrons. The summed E-state index contributed by atoms with van der Waals surface area (Å²) < 4.78 is 1.98. The van der Waals surface area contributed by atoms with Crippen LogP contribution >= 0.6 is 23.2 Å². The van der Waals surface area contributed by atoms with Crippen molar-refractivity contribution >= 4 is 23.2 Å². The van der Waals surface area contributed by atoms with E-state index in [-0.39, 0.29) is 5.54 Å². The van der Waals surface area contributed by atoms with Crippen LogP contribution in [0.25, 0.3) is 11.4 Å². The highest BCUT2D eigenvalue weighted by atomic mass is 35.5. The van der Waals surface area contributed by atoms with E-state index in [1.165, 1.54) is 0 Å². The molecule has 0 saturated heterocycles. The Hall–Kier alpha value is -1.06. The molecule has 1 heterocycles. The summed E-state index contributed by atoms with van der Waals surface area (Å²) >= 11 is 12.2. The van der Waals surface area contributed by atoms with Crippen molar-refractivity contribution < 1.29 is 0 Å². The van der Waals surface area contributed by atoms with Crippen LogP contribution in [0.15, 0.2) is 24.5 Å². The van der Waals surface area contributed by atoms with E-state index in [9.17, 15) is 0 Å². The number of rotatable bonds is 1. The van der Waals surface area contributed by atoms with Crippen molar-refractivity contribution in [1.82, 2.24) is 14.8 Å². The normalized spacial score (nSPS) is 11.8. The maximum absolute atomic E-state index is 6.19. The van der Waals surface area contributed by atoms with Gasteiger partial charge in [0.2, 0.25) is 0 Å². The van der Waals surface area contributed by atoms with E-state index in [2.05, 4.69) is 31.0 Å². The third-order valence-electron chi connectivity index (χ3n) is 2.46. The van der Waals surface area contributed by atoms with Gasteiger partial charge >= 0.3 is 0 Å². The molecule has 0 atom stereocenters. The van der Waals surface area contributed by atoms with Crippen molar-refractivity contribution in [3.05, 3.63) is 34.6 Å². The lowest BCUT2D eigenvalue weighted by Gasteiger charge is -2.22. The Morgan fingerprint density at radius 1 is 1.18 bits per heavy atom. The van der Waals surface area contributed by atoms with Gasteiger partial charge in [0, 0.05) is 11.1 Å². The van der Waals surface area contributed by atoms with Crippen LogP contribution in [-0.4, -0.2) is 14.8 Å². The minimum Gasteiger partial charge on any atom is -0.308 e. The first kappa shape index (κ1) is 12.4. The second-order valence-electron chi connectivity index (χ2n) is 4.80. The van der Waals surface area contributed by atoms with Gasteiger partial charge in [-0.25, -0.2) is 0 Å². The molecule has 17 heavy (non-hydrogen) atoms. The van der Waals surface area contributed by atoms with Crippen LogP contribution < -0.4 is 0 Å². The fraction of sp³-hybridized carbons (Fsp3) is 0.333. The number of hydrogen-bond donors (Lipinski definition) is 0. The topological polar surface area (TPSA) is 30.7 Å². The Morgan fingerprint density at radius 3 is 2.53 bits per heavy atom. The molecule has 0 amide bonds. The number of benzene rings is 1. The second-order valence-corrected chi connectivity index (χ2v) is 5.58. The Bertz CT molecular complexity index is 541. The predicted octanol–water partition coefficient (Wildman–Crippen LogP) is 4.01. The van der Waals surface area contributed by atoms with Crippen LogP contribution in [0.3, 0.4) is 0 Å². The summed E-state index contributed by atoms with van der Waals surface area (Å²) in [6, 6.07) is 5.50. The van der Waals surface area contributed by atoms with Gasteiger partial charge in [-0.15, -0.1) is 10.2 Å². The van der Waals surface area contributed by atoms with Crippen molar-refractivity contribution in [1.29, 1.82) is 0 Å². The molecule has 1 aromatic heterocycles. The van der Waals surface area contributed by atoms with Crippen LogP contribution in [0.2, 0.25) is 10.0 Å². The van der Waals surface area contributed by atoms with Crippen LogP contribution in [-0.2, 0) is 5.54 Å². The van der Waals surface area contributed by atoms with Gasteiger partial charge in [-0.1, -0.05) is 29.3 Å². The summed E-state index contributed by atoms with van der Waals surface area (Å²) in [6.45, 7) is 6.24. The average molecular weight is 270 g/mol. The zero-order valence-corrected chi connectivity index (χ0v) is 11.4. The predicted molar refractivity (Wildman–Crippen MR) is 70.5 cm³/mol. The van der Waals surface area contributed by atoms with Gasteiger partial charge in [-0.05, 0) is 32.9 Å². The van der Waals surface area contributed by atoms with Crippen LogP contribution in [0.5, 0.6) is 0 Å². The molecule has 0 fully saturated rings. The fourth-order valence-corrected chi connectivity index (χ4v) is 1.97. The molecule has 0 aliphatic heterocycles. The highest BCUT2D eigenvalue weighted by Gasteiger charge is 2.20. The van der Waals surface area contributed by atoms with E-state index < -0.39 is 0 Å². The van der Waals surface area contributed by atoms with Gasteiger partial charge < -0.3 is 4.57 Å². The molecule has 3 nitrogen and oxygen atoms in total. The van der Waals surface area contributed by atoms with E-state index in [4.69, 9.17) is 23.2 Å². The van der Waals surface area contributed by atoms with E-state index in [1.807, 2.05) is 16.7 Å². The molecular formula is C12H13Cl2N3. The summed E-state index contributed by atoms with van der Waals surface area (Å²) in [5, 5.41) is 9.10. The molecule has 0 bridgehead atoms. The third-order valence-corrected chi connectivity index (χ3v) is 3.28. The van der Waals surface area contributed by atoms with Gasteiger partial charge in [0.25, 0.3) is 0 Å². The van der Waals surface area contributed by atoms with Crippen molar-refractivity contribution in [2.45, 2.75) is 26.3 Å². The maximum atomic E-state index is 6.19. The molecule has 2 aromatic rings. The SMILES string of the molecule is CC(C)(C)n1cnnc1-c1cccc(Cl)c1Cl. The van der Waals surface area contributed by atoms with E-state index >= 15 is 0 Å². The highest BCUT2D eigenvalue weighted by Crippen LogP contribution is 2.33. The van der Waals surface area contributed by atoms with Crippen molar-refractivity contribution in [3.63, 3.8) is 0 Å². The minimum atomic E-state index is -0.107. The van der Waals surface area contributed by atoms with Crippen LogP contribution in [0.4, 0.5) is 0 Å². The Kier molecular flexibility index (Phi) is 3.15. The lowest BCUT2D eigenvalue weighted by molar-refractivity contribution is 0.400. The summed E-state index contributed by atoms with van der Waals surface area (Å²) in [5.74, 6) is 0.727. The standard InChI is InChI=1S/C12H13Cl2N3/c1-12(2,3)17-7-15-16-11(17)8-5-4-6-9(13)10(8)14/h4-7H,1-3H3. The number of nitrogens with zero attached hydrogens (tertiary/aromatic N) is 3. The fourth-order valence-electron chi connectivity index (χ4n) is 1.59. The first-order chi connectivity index (χ1) is 7.91. The number of hydrogen-bond acceptors (Lipinski definition) is 2. The molecule has 0 unspecified atom stereocenters. The van der Waals surface area contributed by atoms with Crippen LogP contribution in [0.1, 0.15) is 20.8 Å². The zero-order chi connectivity index (χ0) is 12.6. The Labute approximate surface area is 110 Å². The lowest BCUT2D eigenvalue weighted by atomic mass is 10.1. The van der Waals surface area contributed by atoms with E-state index in [1.54, 1.807) is 12.4 Å². The van der Waals surface area contributed by atoms with Gasteiger partial charge in [0.1, 0.15) is 6.33 Å². The maximum Gasteiger partial charge on any atom is 0.165 e. The summed E-state index contributed by atoms with van der Waals surface area (Å²) in [6.07, 6.45) is 1.70. The highest BCUT2D eigenvalue weighted by molar-refractivity contribution is 6.43. The molecule has 5 heteroatoms. The molecule has 1 aromatic carbocycles. The largest absolute Gasteiger partial charge is 0.308 e. The second kappa shape index (κ2) is 4.31. The van der Waals surface area contributed by atoms with Gasteiger partial charge in [-0.3, -0.25) is 0 Å². The number of halogens is 2. The smallest absolute Gasteiger partial charge is 0.165 e. The molecule has 90 valence electrons. The van der Waals surface area contributed by atoms with Gasteiger partial charge in [0.05, 0.1) is 10.0 Å². The van der Waals surface area contributed by atoms with E-state index in [0.29, 0.717) is 10.0 Å². The van der Waals surface area contributed by atoms with E-state index in [0.717, 1.165) is 11.4 Å². The van der Waals surface area contributed by atoms with Crippen molar-refractivity contribution in [3.8, 4) is 11.4 Å². The first-order valence-electron chi connectivity index (χ1n) is 5.26. The summed E-state index contributed by atoms with van der Waals surface area (Å²) in [5.41, 5.74) is 0.691. The van der Waals surface area contributed by atoms with Crippen LogP contribution in [0, 0.1) is 0 Å². The quantitative estimate of drug-likeness (QED) is 0.783. The zero-order valence-electron chi connectivity index (χ0n) is 9.91. The molecule has 0 saturated carbocycles. The van der Waals surface area contributed by atoms with Crippen molar-refractivity contribution in [2.75, 3.05) is 0 Å². The lowest BCUT2D eigenvalue weighted by Crippen LogP contribution is -2.21. The molecule has 0 aliphatic rings. The number of aromatic nitrogens is 3. The molecule has 0 aliphatic carbocycles. The molecular weight excluding hydrogens is 257 g/mol. The van der Waals surface area contributed by atoms with Gasteiger partial charge in [0.15, 0.2) is 5.82 Å². The third kappa shape index (κ3) is 2.31. The summed E-state index contributed by atoms with van der Waals surface area (Å²) in [4.78, 5) is 0. The molecule has 0 N–H and O–H groups in total. The van der Waals surface area contributed by atoms with Crippen molar-refractivity contribution in [2.24, 2.45) is 0 Å². The first-order valence-corrected chi connectivity index (χ1v) is 6.02. The average Bonchev–Trinajstić information content (AvgIpc) is 2.70.